The molecule has 0 heterocycles. The average molecular weight is 243 g/mol. The fourth-order valence-electron chi connectivity index (χ4n) is 0.714. The van der Waals surface area contributed by atoms with Crippen LogP contribution in [0.3, 0.4) is 0 Å². The maximum Gasteiger partial charge on any atom is 0.389 e. The Hall–Kier alpha value is -0.720. The van der Waals surface area contributed by atoms with Crippen molar-refractivity contribution in [3.63, 3.8) is 0 Å². The third kappa shape index (κ3) is 11.2. The van der Waals surface area contributed by atoms with Crippen molar-refractivity contribution in [3.05, 3.63) is 0 Å². The summed E-state index contributed by atoms with van der Waals surface area (Å²) in [6.07, 6.45) is -4.94. The lowest BCUT2D eigenvalue weighted by atomic mass is 10.4. The van der Waals surface area contributed by atoms with Crippen LogP contribution in [0.4, 0.5) is 13.2 Å². The molecule has 0 saturated carbocycles. The van der Waals surface area contributed by atoms with Gasteiger partial charge < -0.3 is 0 Å². The first kappa shape index (κ1) is 14.3. The van der Waals surface area contributed by atoms with Gasteiger partial charge in [0.1, 0.15) is 0 Å². The Morgan fingerprint density at radius 2 is 1.87 bits per heavy atom. The second-order valence-electron chi connectivity index (χ2n) is 2.83. The van der Waals surface area contributed by atoms with E-state index in [9.17, 15) is 22.8 Å². The second kappa shape index (κ2) is 6.71. The Labute approximate surface area is 89.8 Å². The lowest BCUT2D eigenvalue weighted by molar-refractivity contribution is -0.130. The Morgan fingerprint density at radius 1 is 1.27 bits per heavy atom. The van der Waals surface area contributed by atoms with E-state index in [0.717, 1.165) is 11.8 Å². The minimum Gasteiger partial charge on any atom is -0.297 e. The third-order valence-electron chi connectivity index (χ3n) is 1.32. The summed E-state index contributed by atoms with van der Waals surface area (Å²) in [6, 6.07) is 0. The van der Waals surface area contributed by atoms with Gasteiger partial charge in [-0.15, -0.1) is 0 Å². The number of halogens is 3. The van der Waals surface area contributed by atoms with E-state index in [0.29, 0.717) is 0 Å². The van der Waals surface area contributed by atoms with Crippen molar-refractivity contribution in [1.29, 1.82) is 0 Å². The quantitative estimate of drug-likeness (QED) is 0.748. The summed E-state index contributed by atoms with van der Waals surface area (Å²) in [6.45, 7) is 1.20. The zero-order valence-electron chi connectivity index (χ0n) is 8.19. The van der Waals surface area contributed by atoms with Crippen LogP contribution in [0.2, 0.25) is 0 Å². The number of thioether (sulfide) groups is 1. The monoisotopic (exact) mass is 243 g/mol. The average Bonchev–Trinajstić information content (AvgIpc) is 1.99. The van der Waals surface area contributed by atoms with E-state index in [1.165, 1.54) is 6.92 Å². The lowest BCUT2D eigenvalue weighted by Gasteiger charge is -2.05. The molecular formula is C8H12F3NO2S. The van der Waals surface area contributed by atoms with Gasteiger partial charge in [0.05, 0.1) is 6.42 Å². The Balaban J connectivity index is 3.39. The normalized spacial score (nSPS) is 11.2. The van der Waals surface area contributed by atoms with E-state index < -0.39 is 24.4 Å². The molecule has 0 aromatic heterocycles. The number of carbonyl (C=O) groups excluding carboxylic acids is 2. The van der Waals surface area contributed by atoms with Crippen LogP contribution < -0.4 is 5.32 Å². The van der Waals surface area contributed by atoms with Crippen LogP contribution in [0.5, 0.6) is 0 Å². The molecule has 0 bridgehead atoms. The molecule has 0 atom stereocenters. The van der Waals surface area contributed by atoms with E-state index in [2.05, 4.69) is 0 Å². The molecule has 0 aromatic rings. The topological polar surface area (TPSA) is 46.2 Å². The standard InChI is InChI=1S/C8H12F3NO2S/c1-6(13)12-7(14)2-4-15-5-3-8(9,10)11/h2-5H2,1H3,(H,12,13,14). The van der Waals surface area contributed by atoms with Gasteiger partial charge in [-0.25, -0.2) is 0 Å². The smallest absolute Gasteiger partial charge is 0.297 e. The molecule has 0 aliphatic heterocycles. The summed E-state index contributed by atoms with van der Waals surface area (Å²) < 4.78 is 35.0. The summed E-state index contributed by atoms with van der Waals surface area (Å²) in [7, 11) is 0. The number of rotatable bonds is 5. The summed E-state index contributed by atoms with van der Waals surface area (Å²) in [5.74, 6) is -0.686. The van der Waals surface area contributed by atoms with Gasteiger partial charge in [0, 0.05) is 24.9 Å². The van der Waals surface area contributed by atoms with Crippen LogP contribution in [0.25, 0.3) is 0 Å². The van der Waals surface area contributed by atoms with Crippen LogP contribution in [-0.2, 0) is 9.59 Å². The van der Waals surface area contributed by atoms with Crippen LogP contribution in [0, 0.1) is 0 Å². The van der Waals surface area contributed by atoms with Crippen LogP contribution in [-0.4, -0.2) is 29.5 Å². The molecule has 0 radical (unpaired) electrons. The van der Waals surface area contributed by atoms with E-state index in [4.69, 9.17) is 0 Å². The zero-order chi connectivity index (χ0) is 11.9. The summed E-state index contributed by atoms with van der Waals surface area (Å²) in [4.78, 5) is 21.2. The number of hydrogen-bond acceptors (Lipinski definition) is 3. The molecule has 1 N–H and O–H groups in total. The van der Waals surface area contributed by atoms with Gasteiger partial charge >= 0.3 is 6.18 Å². The van der Waals surface area contributed by atoms with Crippen molar-refractivity contribution in [1.82, 2.24) is 5.32 Å². The Kier molecular flexibility index (Phi) is 6.38. The molecule has 7 heteroatoms. The number of nitrogens with one attached hydrogen (secondary N) is 1. The third-order valence-corrected chi connectivity index (χ3v) is 2.30. The highest BCUT2D eigenvalue weighted by molar-refractivity contribution is 7.99. The molecule has 88 valence electrons. The molecule has 0 aliphatic rings. The van der Waals surface area contributed by atoms with E-state index in [-0.39, 0.29) is 17.9 Å². The molecule has 0 aliphatic carbocycles. The largest absolute Gasteiger partial charge is 0.389 e. The first-order valence-electron chi connectivity index (χ1n) is 4.26. The van der Waals surface area contributed by atoms with Gasteiger partial charge in [-0.2, -0.15) is 24.9 Å². The fraction of sp³-hybridized carbons (Fsp3) is 0.750. The van der Waals surface area contributed by atoms with Crippen molar-refractivity contribution in [2.24, 2.45) is 0 Å². The number of alkyl halides is 3. The first-order valence-corrected chi connectivity index (χ1v) is 5.41. The molecule has 0 aromatic carbocycles. The zero-order valence-corrected chi connectivity index (χ0v) is 9.00. The highest BCUT2D eigenvalue weighted by atomic mass is 32.2. The lowest BCUT2D eigenvalue weighted by Crippen LogP contribution is -2.28. The summed E-state index contributed by atoms with van der Waals surface area (Å²) >= 11 is 1.04. The number of imide groups is 1. The van der Waals surface area contributed by atoms with Gasteiger partial charge in [0.25, 0.3) is 0 Å². The molecule has 0 unspecified atom stereocenters. The van der Waals surface area contributed by atoms with Crippen molar-refractivity contribution in [2.45, 2.75) is 25.9 Å². The molecule has 0 rings (SSSR count). The van der Waals surface area contributed by atoms with Crippen LogP contribution >= 0.6 is 11.8 Å². The highest BCUT2D eigenvalue weighted by Crippen LogP contribution is 2.22. The van der Waals surface area contributed by atoms with Gasteiger partial charge in [-0.05, 0) is 0 Å². The number of hydrogen-bond donors (Lipinski definition) is 1. The van der Waals surface area contributed by atoms with E-state index in [1.54, 1.807) is 0 Å². The predicted molar refractivity (Wildman–Crippen MR) is 51.4 cm³/mol. The maximum absolute atomic E-state index is 11.7. The SMILES string of the molecule is CC(=O)NC(=O)CCSCCC(F)(F)F. The number of amides is 2. The molecule has 15 heavy (non-hydrogen) atoms. The second-order valence-corrected chi connectivity index (χ2v) is 4.06. The van der Waals surface area contributed by atoms with Gasteiger partial charge in [-0.1, -0.05) is 0 Å². The molecule has 2 amide bonds. The van der Waals surface area contributed by atoms with E-state index >= 15 is 0 Å². The van der Waals surface area contributed by atoms with Crippen molar-refractivity contribution in [2.75, 3.05) is 11.5 Å². The van der Waals surface area contributed by atoms with Gasteiger partial charge in [0.2, 0.25) is 11.8 Å². The first-order chi connectivity index (χ1) is 6.81. The molecule has 0 spiro atoms. The van der Waals surface area contributed by atoms with Gasteiger partial charge in [-0.3, -0.25) is 14.9 Å². The van der Waals surface area contributed by atoms with Crippen LogP contribution in [0.1, 0.15) is 19.8 Å². The Bertz CT molecular complexity index is 230. The fourth-order valence-corrected chi connectivity index (χ4v) is 1.62. The maximum atomic E-state index is 11.7. The van der Waals surface area contributed by atoms with Gasteiger partial charge in [0.15, 0.2) is 0 Å². The summed E-state index contributed by atoms with van der Waals surface area (Å²) in [5.41, 5.74) is 0. The molecular weight excluding hydrogens is 231 g/mol. The molecule has 0 saturated heterocycles. The van der Waals surface area contributed by atoms with E-state index in [1.807, 2.05) is 5.32 Å². The van der Waals surface area contributed by atoms with Crippen molar-refractivity contribution < 1.29 is 22.8 Å². The van der Waals surface area contributed by atoms with Crippen molar-refractivity contribution in [3.8, 4) is 0 Å². The summed E-state index contributed by atoms with van der Waals surface area (Å²) in [5, 5.41) is 2.04. The minimum absolute atomic E-state index is 0.0576. The predicted octanol–water partition coefficient (Wildman–Crippen LogP) is 1.72. The Morgan fingerprint density at radius 3 is 2.33 bits per heavy atom. The van der Waals surface area contributed by atoms with Crippen LogP contribution in [0.15, 0.2) is 0 Å². The minimum atomic E-state index is -4.14. The molecule has 0 fully saturated rings. The highest BCUT2D eigenvalue weighted by Gasteiger charge is 2.26. The number of carbonyl (C=O) groups is 2. The molecule has 3 nitrogen and oxygen atoms in total. The van der Waals surface area contributed by atoms with Crippen molar-refractivity contribution >= 4 is 23.6 Å².